The average molecular weight is 355 g/mol. The zero-order chi connectivity index (χ0) is 16.3. The molecule has 0 saturated heterocycles. The summed E-state index contributed by atoms with van der Waals surface area (Å²) in [6.07, 6.45) is 0.496. The summed E-state index contributed by atoms with van der Waals surface area (Å²) in [5.41, 5.74) is -0.392. The maximum atomic E-state index is 11.9. The topological polar surface area (TPSA) is 69.7 Å². The van der Waals surface area contributed by atoms with Crippen LogP contribution in [0.25, 0.3) is 0 Å². The van der Waals surface area contributed by atoms with E-state index in [2.05, 4.69) is 0 Å². The summed E-state index contributed by atoms with van der Waals surface area (Å²) in [7, 11) is 2.83. The first-order valence-electron chi connectivity index (χ1n) is 6.03. The van der Waals surface area contributed by atoms with Crippen molar-refractivity contribution in [2.45, 2.75) is 30.8 Å². The van der Waals surface area contributed by atoms with Crippen LogP contribution in [0, 0.1) is 0 Å². The van der Waals surface area contributed by atoms with Crippen LogP contribution in [0.2, 0.25) is 5.02 Å². The third kappa shape index (κ3) is 5.82. The minimum Gasteiger partial charge on any atom is -0.462 e. The van der Waals surface area contributed by atoms with Crippen LogP contribution < -0.4 is 0 Å². The molecule has 0 aliphatic carbocycles. The van der Waals surface area contributed by atoms with E-state index < -0.39 is 20.6 Å². The Kier molecular flexibility index (Phi) is 6.04. The van der Waals surface area contributed by atoms with Crippen LogP contribution in [-0.2, 0) is 18.5 Å². The highest BCUT2D eigenvalue weighted by molar-refractivity contribution is 8.13. The maximum Gasteiger partial charge on any atom is 0.338 e. The van der Waals surface area contributed by atoms with Crippen LogP contribution >= 0.6 is 22.3 Å². The molecule has 0 N–H and O–H groups in total. The van der Waals surface area contributed by atoms with E-state index in [1.165, 1.54) is 6.07 Å². The average Bonchev–Trinajstić information content (AvgIpc) is 2.36. The van der Waals surface area contributed by atoms with Crippen LogP contribution in [-0.4, -0.2) is 33.7 Å². The lowest BCUT2D eigenvalue weighted by molar-refractivity contribution is -0.00564. The minimum absolute atomic E-state index is 0.0250. The normalized spacial score (nSPS) is 12.2. The second kappa shape index (κ2) is 6.96. The summed E-state index contributed by atoms with van der Waals surface area (Å²) in [5, 5.41) is 0.0842. The van der Waals surface area contributed by atoms with Crippen molar-refractivity contribution in [3.05, 3.63) is 28.8 Å². The van der Waals surface area contributed by atoms with Gasteiger partial charge >= 0.3 is 5.97 Å². The summed E-state index contributed by atoms with van der Waals surface area (Å²) in [5.74, 6) is -0.675. The Labute approximate surface area is 133 Å². The highest BCUT2D eigenvalue weighted by atomic mass is 35.7. The van der Waals surface area contributed by atoms with E-state index in [0.717, 1.165) is 12.1 Å². The third-order valence-corrected chi connectivity index (χ3v) is 4.43. The van der Waals surface area contributed by atoms with Gasteiger partial charge in [0.05, 0.1) is 22.7 Å². The van der Waals surface area contributed by atoms with Gasteiger partial charge in [-0.05, 0) is 32.0 Å². The lowest BCUT2D eigenvalue weighted by Gasteiger charge is -2.22. The van der Waals surface area contributed by atoms with Gasteiger partial charge in [-0.2, -0.15) is 0 Å². The van der Waals surface area contributed by atoms with Gasteiger partial charge in [0.15, 0.2) is 0 Å². The minimum atomic E-state index is -3.97. The van der Waals surface area contributed by atoms with Gasteiger partial charge in [-0.15, -0.1) is 0 Å². The van der Waals surface area contributed by atoms with Crippen LogP contribution in [0.5, 0.6) is 0 Å². The molecule has 1 aromatic rings. The monoisotopic (exact) mass is 354 g/mol. The number of esters is 1. The van der Waals surface area contributed by atoms with Crippen molar-refractivity contribution in [3.63, 3.8) is 0 Å². The van der Waals surface area contributed by atoms with Crippen LogP contribution in [0.4, 0.5) is 0 Å². The molecule has 0 amide bonds. The van der Waals surface area contributed by atoms with Crippen molar-refractivity contribution >= 4 is 37.3 Å². The molecule has 21 heavy (non-hydrogen) atoms. The van der Waals surface area contributed by atoms with Crippen LogP contribution in [0.15, 0.2) is 23.1 Å². The lowest BCUT2D eigenvalue weighted by Crippen LogP contribution is -2.25. The second-order valence-electron chi connectivity index (χ2n) is 4.96. The molecule has 8 heteroatoms. The van der Waals surface area contributed by atoms with E-state index in [0.29, 0.717) is 6.42 Å². The number of rotatable bonds is 6. The van der Waals surface area contributed by atoms with Crippen molar-refractivity contribution in [2.75, 3.05) is 13.7 Å². The van der Waals surface area contributed by atoms with Gasteiger partial charge in [0.1, 0.15) is 0 Å². The SMILES string of the molecule is COC(C)(C)CCOC(=O)c1cc(Cl)cc(S(=O)(=O)Cl)c1. The summed E-state index contributed by atoms with van der Waals surface area (Å²) in [6, 6.07) is 3.60. The fraction of sp³-hybridized carbons (Fsp3) is 0.462. The van der Waals surface area contributed by atoms with Crippen molar-refractivity contribution in [1.29, 1.82) is 0 Å². The first-order chi connectivity index (χ1) is 9.55. The Morgan fingerprint density at radius 1 is 1.29 bits per heavy atom. The predicted octanol–water partition coefficient (Wildman–Crippen LogP) is 3.24. The van der Waals surface area contributed by atoms with E-state index in [4.69, 9.17) is 31.8 Å². The van der Waals surface area contributed by atoms with Crippen molar-refractivity contribution in [1.82, 2.24) is 0 Å². The molecule has 0 heterocycles. The van der Waals surface area contributed by atoms with E-state index in [1.807, 2.05) is 13.8 Å². The van der Waals surface area contributed by atoms with Crippen molar-refractivity contribution in [2.24, 2.45) is 0 Å². The molecule has 1 rings (SSSR count). The lowest BCUT2D eigenvalue weighted by atomic mass is 10.1. The molecule has 0 bridgehead atoms. The van der Waals surface area contributed by atoms with Gasteiger partial charge in [-0.1, -0.05) is 11.6 Å². The van der Waals surface area contributed by atoms with E-state index >= 15 is 0 Å². The molecule has 0 unspecified atom stereocenters. The third-order valence-electron chi connectivity index (χ3n) is 2.88. The number of hydrogen-bond acceptors (Lipinski definition) is 5. The molecule has 0 aliphatic rings. The van der Waals surface area contributed by atoms with Gasteiger partial charge in [0.2, 0.25) is 0 Å². The van der Waals surface area contributed by atoms with Gasteiger partial charge in [0.25, 0.3) is 9.05 Å². The van der Waals surface area contributed by atoms with E-state index in [1.54, 1.807) is 7.11 Å². The second-order valence-corrected chi connectivity index (χ2v) is 7.97. The number of methoxy groups -OCH3 is 1. The van der Waals surface area contributed by atoms with E-state index in [9.17, 15) is 13.2 Å². The number of carbonyl (C=O) groups excluding carboxylic acids is 1. The smallest absolute Gasteiger partial charge is 0.338 e. The van der Waals surface area contributed by atoms with Crippen LogP contribution in [0.1, 0.15) is 30.6 Å². The molecule has 5 nitrogen and oxygen atoms in total. The first kappa shape index (κ1) is 18.2. The Bertz CT molecular complexity index is 625. The molecule has 0 saturated carbocycles. The number of ether oxygens (including phenoxy) is 2. The van der Waals surface area contributed by atoms with Gasteiger partial charge in [0, 0.05) is 29.2 Å². The fourth-order valence-corrected chi connectivity index (χ4v) is 2.50. The Morgan fingerprint density at radius 2 is 1.90 bits per heavy atom. The standard InChI is InChI=1S/C13H16Cl2O5S/c1-13(2,19-3)4-5-20-12(16)9-6-10(14)8-11(7-9)21(15,17)18/h6-8H,4-5H2,1-3H3. The summed E-state index contributed by atoms with van der Waals surface area (Å²) < 4.78 is 32.8. The van der Waals surface area contributed by atoms with Gasteiger partial charge in [-0.3, -0.25) is 0 Å². The number of halogens is 2. The van der Waals surface area contributed by atoms with Crippen LogP contribution in [0.3, 0.4) is 0 Å². The molecular formula is C13H16Cl2O5S. The quantitative estimate of drug-likeness (QED) is 0.579. The van der Waals surface area contributed by atoms with Gasteiger partial charge < -0.3 is 9.47 Å². The summed E-state index contributed by atoms with van der Waals surface area (Å²) in [6.45, 7) is 3.85. The number of carbonyl (C=O) groups is 1. The van der Waals surface area contributed by atoms with Gasteiger partial charge in [-0.25, -0.2) is 13.2 Å². The maximum absolute atomic E-state index is 11.9. The summed E-state index contributed by atoms with van der Waals surface area (Å²) >= 11 is 5.78. The molecule has 0 aromatic heterocycles. The first-order valence-corrected chi connectivity index (χ1v) is 8.71. The molecule has 0 atom stereocenters. The zero-order valence-corrected chi connectivity index (χ0v) is 14.2. The van der Waals surface area contributed by atoms with Crippen molar-refractivity contribution in [3.8, 4) is 0 Å². The molecule has 0 aliphatic heterocycles. The fourth-order valence-electron chi connectivity index (χ4n) is 1.40. The Balaban J connectivity index is 2.82. The summed E-state index contributed by atoms with van der Waals surface area (Å²) in [4.78, 5) is 11.6. The zero-order valence-electron chi connectivity index (χ0n) is 11.9. The van der Waals surface area contributed by atoms with Crippen molar-refractivity contribution < 1.29 is 22.7 Å². The number of benzene rings is 1. The Morgan fingerprint density at radius 3 is 2.43 bits per heavy atom. The highest BCUT2D eigenvalue weighted by Gasteiger charge is 2.19. The number of hydrogen-bond donors (Lipinski definition) is 0. The molecule has 1 aromatic carbocycles. The largest absolute Gasteiger partial charge is 0.462 e. The molecular weight excluding hydrogens is 339 g/mol. The predicted molar refractivity (Wildman–Crippen MR) is 80.5 cm³/mol. The highest BCUT2D eigenvalue weighted by Crippen LogP contribution is 2.22. The molecule has 118 valence electrons. The molecule has 0 spiro atoms. The van der Waals surface area contributed by atoms with E-state index in [-0.39, 0.29) is 22.1 Å². The Hall–Kier alpha value is -0.820. The molecule has 0 fully saturated rings. The molecule has 0 radical (unpaired) electrons.